The lowest BCUT2D eigenvalue weighted by Gasteiger charge is -2.38. The third kappa shape index (κ3) is 4.27. The Morgan fingerprint density at radius 2 is 1.56 bits per heavy atom. The number of hydrogen-bond acceptors (Lipinski definition) is 4. The maximum atomic E-state index is 13.7. The summed E-state index contributed by atoms with van der Waals surface area (Å²) in [5.74, 6) is 1.02. The van der Waals surface area contributed by atoms with Crippen LogP contribution in [0.2, 0.25) is 0 Å². The summed E-state index contributed by atoms with van der Waals surface area (Å²) in [6.45, 7) is 0.306. The molecule has 0 aromatic heterocycles. The molecule has 0 saturated heterocycles. The van der Waals surface area contributed by atoms with Crippen molar-refractivity contribution in [1.82, 2.24) is 4.90 Å². The number of nitrogens with zero attached hydrogens (tertiary/aromatic N) is 1. The molecule has 8 heteroatoms. The summed E-state index contributed by atoms with van der Waals surface area (Å²) in [4.78, 5) is 15.3. The van der Waals surface area contributed by atoms with E-state index in [4.69, 9.17) is 14.2 Å². The molecule has 0 N–H and O–H groups in total. The number of para-hydroxylation sites is 1. The summed E-state index contributed by atoms with van der Waals surface area (Å²) >= 11 is 0. The molecule has 0 spiro atoms. The van der Waals surface area contributed by atoms with Gasteiger partial charge in [-0.15, -0.1) is 0 Å². The fraction of sp³-hybridized carbons (Fsp3) is 0.269. The third-order valence-electron chi connectivity index (χ3n) is 6.00. The maximum absolute atomic E-state index is 13.7. The highest BCUT2D eigenvalue weighted by Crippen LogP contribution is 2.43. The summed E-state index contributed by atoms with van der Waals surface area (Å²) in [6, 6.07) is 14.7. The van der Waals surface area contributed by atoms with Crippen molar-refractivity contribution in [3.8, 4) is 17.2 Å². The van der Waals surface area contributed by atoms with Crippen molar-refractivity contribution in [3.05, 3.63) is 88.5 Å². The van der Waals surface area contributed by atoms with Gasteiger partial charge in [0.15, 0.2) is 11.5 Å². The number of methoxy groups -OCH3 is 3. The number of alkyl halides is 3. The van der Waals surface area contributed by atoms with Gasteiger partial charge >= 0.3 is 6.18 Å². The van der Waals surface area contributed by atoms with Crippen LogP contribution in [0.3, 0.4) is 0 Å². The fourth-order valence-corrected chi connectivity index (χ4v) is 4.39. The van der Waals surface area contributed by atoms with Gasteiger partial charge in [-0.3, -0.25) is 4.79 Å². The lowest BCUT2D eigenvalue weighted by atomic mass is 9.86. The van der Waals surface area contributed by atoms with Gasteiger partial charge in [-0.25, -0.2) is 0 Å². The van der Waals surface area contributed by atoms with Gasteiger partial charge in [0.2, 0.25) is 0 Å². The van der Waals surface area contributed by atoms with E-state index in [0.29, 0.717) is 46.9 Å². The number of halogens is 3. The van der Waals surface area contributed by atoms with Gasteiger partial charge in [0.25, 0.3) is 5.91 Å². The minimum absolute atomic E-state index is 0.306. The monoisotopic (exact) mass is 471 g/mol. The Bertz CT molecular complexity index is 1210. The van der Waals surface area contributed by atoms with Crippen molar-refractivity contribution in [1.29, 1.82) is 0 Å². The van der Waals surface area contributed by atoms with Gasteiger partial charge < -0.3 is 19.1 Å². The van der Waals surface area contributed by atoms with E-state index in [2.05, 4.69) is 0 Å². The van der Waals surface area contributed by atoms with E-state index in [1.807, 2.05) is 6.07 Å². The summed E-state index contributed by atoms with van der Waals surface area (Å²) in [5, 5.41) is 0. The quantitative estimate of drug-likeness (QED) is 0.492. The van der Waals surface area contributed by atoms with Crippen LogP contribution in [0.4, 0.5) is 13.2 Å². The summed E-state index contributed by atoms with van der Waals surface area (Å²) < 4.78 is 56.8. The molecule has 0 bridgehead atoms. The molecule has 1 atom stereocenters. The van der Waals surface area contributed by atoms with E-state index < -0.39 is 17.8 Å². The van der Waals surface area contributed by atoms with Gasteiger partial charge in [-0.1, -0.05) is 24.3 Å². The number of fused-ring (bicyclic) bond motifs is 1. The normalized spacial score (nSPS) is 15.5. The minimum atomic E-state index is -4.51. The molecule has 34 heavy (non-hydrogen) atoms. The average molecular weight is 471 g/mol. The summed E-state index contributed by atoms with van der Waals surface area (Å²) in [7, 11) is 4.48. The molecule has 0 radical (unpaired) electrons. The number of carbonyl (C=O) groups is 1. The topological polar surface area (TPSA) is 48.0 Å². The van der Waals surface area contributed by atoms with Crippen LogP contribution in [-0.4, -0.2) is 38.7 Å². The lowest BCUT2D eigenvalue weighted by Crippen LogP contribution is -2.41. The predicted octanol–water partition coefficient (Wildman–Crippen LogP) is 5.52. The molecule has 3 aromatic rings. The second kappa shape index (κ2) is 9.29. The molecule has 1 amide bonds. The highest BCUT2D eigenvalue weighted by Gasteiger charge is 2.37. The molecule has 0 aliphatic carbocycles. The van der Waals surface area contributed by atoms with E-state index in [1.54, 1.807) is 41.3 Å². The molecular weight excluding hydrogens is 447 g/mol. The SMILES string of the molecule is COc1cc2c(cc1OC)[C@H](c1cccc(C(F)(F)F)c1)N(C(=O)c1ccccc1OC)CC2. The number of carbonyl (C=O) groups excluding carboxylic acids is 1. The Balaban J connectivity index is 1.90. The van der Waals surface area contributed by atoms with E-state index in [1.165, 1.54) is 27.4 Å². The molecule has 0 fully saturated rings. The number of amides is 1. The first-order valence-corrected chi connectivity index (χ1v) is 10.6. The van der Waals surface area contributed by atoms with Gasteiger partial charge in [-0.2, -0.15) is 13.2 Å². The standard InChI is InChI=1S/C26H24F3NO4/c1-32-21-10-5-4-9-19(21)25(31)30-12-11-16-14-22(33-2)23(34-3)15-20(16)24(30)17-7-6-8-18(13-17)26(27,28)29/h4-10,13-15,24H,11-12H2,1-3H3/t24-/m0/s1. The minimum Gasteiger partial charge on any atom is -0.496 e. The first kappa shape index (κ1) is 23.5. The van der Waals surface area contributed by atoms with E-state index in [0.717, 1.165) is 17.7 Å². The van der Waals surface area contributed by atoms with Crippen molar-refractivity contribution >= 4 is 5.91 Å². The zero-order valence-electron chi connectivity index (χ0n) is 19.0. The molecule has 5 nitrogen and oxygen atoms in total. The van der Waals surface area contributed by atoms with E-state index >= 15 is 0 Å². The molecule has 0 unspecified atom stereocenters. The predicted molar refractivity (Wildman–Crippen MR) is 121 cm³/mol. The van der Waals surface area contributed by atoms with Crippen LogP contribution in [-0.2, 0) is 12.6 Å². The van der Waals surface area contributed by atoms with Gasteiger partial charge in [0.05, 0.1) is 38.5 Å². The van der Waals surface area contributed by atoms with Crippen LogP contribution < -0.4 is 14.2 Å². The van der Waals surface area contributed by atoms with Crippen LogP contribution in [0.5, 0.6) is 17.2 Å². The molecule has 0 saturated carbocycles. The van der Waals surface area contributed by atoms with Crippen molar-refractivity contribution in [3.63, 3.8) is 0 Å². The first-order valence-electron chi connectivity index (χ1n) is 10.6. The average Bonchev–Trinajstić information content (AvgIpc) is 2.86. The van der Waals surface area contributed by atoms with Gasteiger partial charge in [0, 0.05) is 6.54 Å². The molecular formula is C26H24F3NO4. The second-order valence-corrected chi connectivity index (χ2v) is 7.88. The van der Waals surface area contributed by atoms with Crippen LogP contribution >= 0.6 is 0 Å². The van der Waals surface area contributed by atoms with Crippen molar-refractivity contribution < 1.29 is 32.2 Å². The van der Waals surface area contributed by atoms with Crippen LogP contribution in [0.1, 0.15) is 38.7 Å². The molecule has 178 valence electrons. The van der Waals surface area contributed by atoms with Crippen molar-refractivity contribution in [2.45, 2.75) is 18.6 Å². The Morgan fingerprint density at radius 1 is 0.882 bits per heavy atom. The van der Waals surface area contributed by atoms with Crippen molar-refractivity contribution in [2.75, 3.05) is 27.9 Å². The molecule has 1 aliphatic rings. The summed E-state index contributed by atoms with van der Waals surface area (Å²) in [6.07, 6.45) is -4.01. The molecule has 1 aliphatic heterocycles. The zero-order valence-corrected chi connectivity index (χ0v) is 19.0. The number of hydrogen-bond donors (Lipinski definition) is 0. The second-order valence-electron chi connectivity index (χ2n) is 7.88. The Morgan fingerprint density at radius 3 is 2.24 bits per heavy atom. The van der Waals surface area contributed by atoms with E-state index in [9.17, 15) is 18.0 Å². The third-order valence-corrected chi connectivity index (χ3v) is 6.00. The largest absolute Gasteiger partial charge is 0.496 e. The maximum Gasteiger partial charge on any atom is 0.416 e. The lowest BCUT2D eigenvalue weighted by molar-refractivity contribution is -0.137. The Hall–Kier alpha value is -3.68. The van der Waals surface area contributed by atoms with Gasteiger partial charge in [-0.05, 0) is 59.5 Å². The Kier molecular flexibility index (Phi) is 6.41. The number of ether oxygens (including phenoxy) is 3. The highest BCUT2D eigenvalue weighted by molar-refractivity contribution is 5.97. The zero-order chi connectivity index (χ0) is 24.5. The van der Waals surface area contributed by atoms with Crippen molar-refractivity contribution in [2.24, 2.45) is 0 Å². The number of rotatable bonds is 5. The highest BCUT2D eigenvalue weighted by atomic mass is 19.4. The van der Waals surface area contributed by atoms with E-state index in [-0.39, 0.29) is 5.91 Å². The first-order chi connectivity index (χ1) is 16.3. The fourth-order valence-electron chi connectivity index (χ4n) is 4.39. The molecule has 4 rings (SSSR count). The number of benzene rings is 3. The Labute approximate surface area is 195 Å². The molecule has 1 heterocycles. The molecule has 3 aromatic carbocycles. The van der Waals surface area contributed by atoms with Gasteiger partial charge in [0.1, 0.15) is 5.75 Å². The van der Waals surface area contributed by atoms with Crippen LogP contribution in [0.25, 0.3) is 0 Å². The van der Waals surface area contributed by atoms with Crippen LogP contribution in [0, 0.1) is 0 Å². The summed E-state index contributed by atoms with van der Waals surface area (Å²) in [5.41, 5.74) is 1.48. The smallest absolute Gasteiger partial charge is 0.416 e. The van der Waals surface area contributed by atoms with Crippen LogP contribution in [0.15, 0.2) is 60.7 Å².